The van der Waals surface area contributed by atoms with Crippen LogP contribution in [0.4, 0.5) is 5.69 Å². The average Bonchev–Trinajstić information content (AvgIpc) is 2.63. The van der Waals surface area contributed by atoms with Crippen molar-refractivity contribution >= 4 is 21.6 Å². The molecular formula is C18H28N2O4S. The van der Waals surface area contributed by atoms with Crippen molar-refractivity contribution < 1.29 is 17.9 Å². The number of hydrogen-bond donors (Lipinski definition) is 1. The lowest BCUT2D eigenvalue weighted by Gasteiger charge is -2.26. The highest BCUT2D eigenvalue weighted by atomic mass is 32.2. The van der Waals surface area contributed by atoms with Gasteiger partial charge in [0.05, 0.1) is 17.2 Å². The number of nitrogens with one attached hydrogen (secondary N) is 1. The van der Waals surface area contributed by atoms with Gasteiger partial charge in [0.2, 0.25) is 15.9 Å². The quantitative estimate of drug-likeness (QED) is 0.802. The Morgan fingerprint density at radius 3 is 2.52 bits per heavy atom. The van der Waals surface area contributed by atoms with Gasteiger partial charge in [0.15, 0.2) is 0 Å². The number of amides is 1. The van der Waals surface area contributed by atoms with Gasteiger partial charge in [-0.2, -0.15) is 4.31 Å². The molecule has 1 fully saturated rings. The van der Waals surface area contributed by atoms with Crippen LogP contribution < -0.4 is 10.1 Å². The molecule has 1 saturated heterocycles. The van der Waals surface area contributed by atoms with Crippen LogP contribution in [0.25, 0.3) is 0 Å². The monoisotopic (exact) mass is 368 g/mol. The van der Waals surface area contributed by atoms with Crippen LogP contribution >= 0.6 is 0 Å². The fraction of sp³-hybridized carbons (Fsp3) is 0.611. The first-order valence-corrected chi connectivity index (χ1v) is 10.4. The first-order valence-electron chi connectivity index (χ1n) is 8.98. The van der Waals surface area contributed by atoms with Crippen molar-refractivity contribution in [3.63, 3.8) is 0 Å². The maximum absolute atomic E-state index is 12.9. The number of carbonyl (C=O) groups is 1. The third-order valence-corrected chi connectivity index (χ3v) is 6.42. The molecule has 1 amide bonds. The minimum Gasteiger partial charge on any atom is -0.492 e. The fourth-order valence-electron chi connectivity index (χ4n) is 2.74. The van der Waals surface area contributed by atoms with E-state index in [0.29, 0.717) is 37.6 Å². The summed E-state index contributed by atoms with van der Waals surface area (Å²) in [6.07, 6.45) is 3.54. The molecule has 1 aliphatic heterocycles. The van der Waals surface area contributed by atoms with Gasteiger partial charge in [0, 0.05) is 19.0 Å². The summed E-state index contributed by atoms with van der Waals surface area (Å²) in [5.74, 6) is 0.185. The molecule has 1 N–H and O–H groups in total. The van der Waals surface area contributed by atoms with E-state index in [1.54, 1.807) is 12.1 Å². The molecule has 25 heavy (non-hydrogen) atoms. The highest BCUT2D eigenvalue weighted by Crippen LogP contribution is 2.30. The summed E-state index contributed by atoms with van der Waals surface area (Å²) in [5.41, 5.74) is 0.408. The lowest BCUT2D eigenvalue weighted by atomic mass is 10.1. The van der Waals surface area contributed by atoms with Gasteiger partial charge in [-0.15, -0.1) is 0 Å². The zero-order chi connectivity index (χ0) is 18.4. The molecule has 7 heteroatoms. The van der Waals surface area contributed by atoms with Gasteiger partial charge in [-0.25, -0.2) is 8.42 Å². The van der Waals surface area contributed by atoms with Crippen LogP contribution in [0.2, 0.25) is 0 Å². The van der Waals surface area contributed by atoms with E-state index >= 15 is 0 Å². The lowest BCUT2D eigenvalue weighted by Crippen LogP contribution is -2.35. The first kappa shape index (κ1) is 19.7. The molecule has 0 radical (unpaired) electrons. The zero-order valence-corrected chi connectivity index (χ0v) is 16.1. The molecule has 1 atom stereocenters. The van der Waals surface area contributed by atoms with Crippen LogP contribution in [0.15, 0.2) is 23.1 Å². The predicted octanol–water partition coefficient (Wildman–Crippen LogP) is 3.24. The Hall–Kier alpha value is -1.60. The van der Waals surface area contributed by atoms with Crippen LogP contribution in [-0.4, -0.2) is 38.3 Å². The smallest absolute Gasteiger partial charge is 0.243 e. The van der Waals surface area contributed by atoms with E-state index in [4.69, 9.17) is 4.74 Å². The molecule has 1 aromatic rings. The molecule has 0 saturated carbocycles. The van der Waals surface area contributed by atoms with E-state index in [0.717, 1.165) is 19.3 Å². The third-order valence-electron chi connectivity index (χ3n) is 4.52. The molecule has 0 bridgehead atoms. The summed E-state index contributed by atoms with van der Waals surface area (Å²) in [6.45, 7) is 7.15. The van der Waals surface area contributed by atoms with Crippen LogP contribution in [0.1, 0.15) is 46.5 Å². The van der Waals surface area contributed by atoms with Crippen molar-refractivity contribution in [1.82, 2.24) is 4.31 Å². The van der Waals surface area contributed by atoms with Crippen molar-refractivity contribution in [3.8, 4) is 5.75 Å². The molecule has 0 aliphatic carbocycles. The third kappa shape index (κ3) is 4.73. The van der Waals surface area contributed by atoms with Gasteiger partial charge < -0.3 is 10.1 Å². The summed E-state index contributed by atoms with van der Waals surface area (Å²) in [4.78, 5) is 12.4. The van der Waals surface area contributed by atoms with E-state index < -0.39 is 10.0 Å². The van der Waals surface area contributed by atoms with Crippen molar-refractivity contribution in [3.05, 3.63) is 18.2 Å². The van der Waals surface area contributed by atoms with Crippen LogP contribution in [0, 0.1) is 5.92 Å². The van der Waals surface area contributed by atoms with Crippen molar-refractivity contribution in [2.75, 3.05) is 25.0 Å². The number of anilines is 1. The average molecular weight is 368 g/mol. The molecule has 6 nitrogen and oxygen atoms in total. The minimum atomic E-state index is -3.55. The van der Waals surface area contributed by atoms with Gasteiger partial charge in [0.25, 0.3) is 0 Å². The van der Waals surface area contributed by atoms with Gasteiger partial charge in [0.1, 0.15) is 5.75 Å². The van der Waals surface area contributed by atoms with Crippen LogP contribution in [0.5, 0.6) is 5.75 Å². The largest absolute Gasteiger partial charge is 0.492 e. The summed E-state index contributed by atoms with van der Waals surface area (Å²) < 4.78 is 32.8. The summed E-state index contributed by atoms with van der Waals surface area (Å²) in [7, 11) is -3.55. The number of piperidine rings is 1. The van der Waals surface area contributed by atoms with Crippen LogP contribution in [0.3, 0.4) is 0 Å². The second-order valence-corrected chi connectivity index (χ2v) is 8.29. The van der Waals surface area contributed by atoms with Crippen molar-refractivity contribution in [2.24, 2.45) is 5.92 Å². The molecule has 0 spiro atoms. The molecular weight excluding hydrogens is 340 g/mol. The number of ether oxygens (including phenoxy) is 1. The van der Waals surface area contributed by atoms with E-state index in [1.807, 2.05) is 20.8 Å². The summed E-state index contributed by atoms with van der Waals surface area (Å²) >= 11 is 0. The molecule has 1 unspecified atom stereocenters. The van der Waals surface area contributed by atoms with Gasteiger partial charge in [-0.1, -0.05) is 20.3 Å². The number of rotatable bonds is 7. The minimum absolute atomic E-state index is 0.143. The Morgan fingerprint density at radius 2 is 1.92 bits per heavy atom. The predicted molar refractivity (Wildman–Crippen MR) is 98.3 cm³/mol. The summed E-state index contributed by atoms with van der Waals surface area (Å²) in [6, 6.07) is 4.68. The highest BCUT2D eigenvalue weighted by Gasteiger charge is 2.27. The van der Waals surface area contributed by atoms with Crippen LogP contribution in [-0.2, 0) is 14.8 Å². The maximum Gasteiger partial charge on any atom is 0.243 e. The number of sulfonamides is 1. The van der Waals surface area contributed by atoms with E-state index in [1.165, 1.54) is 10.4 Å². The van der Waals surface area contributed by atoms with E-state index in [-0.39, 0.29) is 16.7 Å². The Labute approximate surface area is 150 Å². The molecule has 0 aromatic heterocycles. The van der Waals surface area contributed by atoms with E-state index in [2.05, 4.69) is 5.32 Å². The molecule has 1 aromatic carbocycles. The number of carbonyl (C=O) groups excluding carboxylic acids is 1. The van der Waals surface area contributed by atoms with Crippen molar-refractivity contribution in [1.29, 1.82) is 0 Å². The van der Waals surface area contributed by atoms with Gasteiger partial charge in [-0.3, -0.25) is 4.79 Å². The van der Waals surface area contributed by atoms with Crippen molar-refractivity contribution in [2.45, 2.75) is 51.3 Å². The lowest BCUT2D eigenvalue weighted by molar-refractivity contribution is -0.119. The number of benzene rings is 1. The topological polar surface area (TPSA) is 75.7 Å². The highest BCUT2D eigenvalue weighted by molar-refractivity contribution is 7.89. The Balaban J connectivity index is 2.33. The zero-order valence-electron chi connectivity index (χ0n) is 15.2. The molecule has 2 rings (SSSR count). The number of nitrogens with zero attached hydrogens (tertiary/aromatic N) is 1. The number of hydrogen-bond acceptors (Lipinski definition) is 4. The van der Waals surface area contributed by atoms with Gasteiger partial charge in [-0.05, 0) is 44.4 Å². The Morgan fingerprint density at radius 1 is 1.24 bits per heavy atom. The molecule has 140 valence electrons. The first-order chi connectivity index (χ1) is 11.9. The fourth-order valence-corrected chi connectivity index (χ4v) is 4.29. The Kier molecular flexibility index (Phi) is 6.84. The van der Waals surface area contributed by atoms with E-state index in [9.17, 15) is 13.2 Å². The molecule has 1 heterocycles. The maximum atomic E-state index is 12.9. The SMILES string of the molecule is CCOc1ccc(S(=O)(=O)N2CCCCC2)cc1NC(=O)C(C)CC. The summed E-state index contributed by atoms with van der Waals surface area (Å²) in [5, 5.41) is 2.81. The second kappa shape index (κ2) is 8.67. The normalized spacial score (nSPS) is 17.1. The molecule has 1 aliphatic rings. The Bertz CT molecular complexity index is 697. The standard InChI is InChI=1S/C18H28N2O4S/c1-4-14(3)18(21)19-16-13-15(9-10-17(16)24-5-2)25(22,23)20-11-7-6-8-12-20/h9-10,13-14H,4-8,11-12H2,1-3H3,(H,19,21). The van der Waals surface area contributed by atoms with Gasteiger partial charge >= 0.3 is 0 Å². The second-order valence-electron chi connectivity index (χ2n) is 6.35.